The van der Waals surface area contributed by atoms with Gasteiger partial charge >= 0.3 is 0 Å². The minimum absolute atomic E-state index is 0.00802. The maximum atomic E-state index is 12.8. The van der Waals surface area contributed by atoms with Crippen LogP contribution < -0.4 is 5.90 Å². The molecule has 0 unspecified atom stereocenters. The number of nitro groups is 1. The van der Waals surface area contributed by atoms with Crippen LogP contribution >= 0.6 is 0 Å². The van der Waals surface area contributed by atoms with Gasteiger partial charge in [0.1, 0.15) is 0 Å². The fraction of sp³-hybridized carbons (Fsp3) is 0.250. The Bertz CT molecular complexity index is 384. The Balaban J connectivity index is 3.10. The van der Waals surface area contributed by atoms with Crippen molar-refractivity contribution < 1.29 is 18.5 Å². The van der Waals surface area contributed by atoms with Gasteiger partial charge in [0.05, 0.1) is 17.6 Å². The fourth-order valence-electron chi connectivity index (χ4n) is 1.12. The van der Waals surface area contributed by atoms with Crippen LogP contribution in [0.2, 0.25) is 0 Å². The molecule has 7 heteroatoms. The first kappa shape index (κ1) is 11.5. The van der Waals surface area contributed by atoms with Crippen molar-refractivity contribution in [2.24, 2.45) is 5.90 Å². The normalized spacial score (nSPS) is 10.3. The first-order valence-corrected chi connectivity index (χ1v) is 4.00. The van der Waals surface area contributed by atoms with Crippen molar-refractivity contribution in [3.8, 4) is 0 Å². The predicted molar refractivity (Wildman–Crippen MR) is 46.9 cm³/mol. The lowest BCUT2D eigenvalue weighted by Crippen LogP contribution is -2.06. The Kier molecular flexibility index (Phi) is 3.64. The molecule has 0 amide bonds. The minimum Gasteiger partial charge on any atom is -0.304 e. The molecule has 1 rings (SSSR count). The number of nitrogens with zero attached hydrogens (tertiary/aromatic N) is 1. The molecular weight excluding hydrogens is 210 g/mol. The van der Waals surface area contributed by atoms with Crippen molar-refractivity contribution in [3.63, 3.8) is 0 Å². The predicted octanol–water partition coefficient (Wildman–Crippen LogP) is 1.31. The second kappa shape index (κ2) is 4.76. The zero-order chi connectivity index (χ0) is 11.4. The average Bonchev–Trinajstić information content (AvgIpc) is 2.19. The molecule has 82 valence electrons. The number of benzene rings is 1. The van der Waals surface area contributed by atoms with Crippen molar-refractivity contribution in [2.45, 2.75) is 6.42 Å². The zero-order valence-electron chi connectivity index (χ0n) is 7.57. The van der Waals surface area contributed by atoms with Crippen molar-refractivity contribution in [1.82, 2.24) is 0 Å². The SMILES string of the molecule is NOCCc1cc(F)c(F)cc1[N+](=O)[O-]. The summed E-state index contributed by atoms with van der Waals surface area (Å²) >= 11 is 0. The monoisotopic (exact) mass is 218 g/mol. The molecule has 0 saturated carbocycles. The molecule has 0 aromatic heterocycles. The van der Waals surface area contributed by atoms with Gasteiger partial charge in [0.25, 0.3) is 5.69 Å². The van der Waals surface area contributed by atoms with E-state index in [0.717, 1.165) is 6.07 Å². The summed E-state index contributed by atoms with van der Waals surface area (Å²) in [4.78, 5) is 13.9. The maximum Gasteiger partial charge on any atom is 0.275 e. The summed E-state index contributed by atoms with van der Waals surface area (Å²) in [6.07, 6.45) is 0.0456. The first-order chi connectivity index (χ1) is 7.06. The Morgan fingerprint density at radius 1 is 1.40 bits per heavy atom. The Labute approximate surface area is 83.6 Å². The Morgan fingerprint density at radius 3 is 2.53 bits per heavy atom. The van der Waals surface area contributed by atoms with E-state index in [9.17, 15) is 18.9 Å². The highest BCUT2D eigenvalue weighted by Crippen LogP contribution is 2.22. The molecule has 0 spiro atoms. The second-order valence-electron chi connectivity index (χ2n) is 2.77. The van der Waals surface area contributed by atoms with Crippen LogP contribution in [0.3, 0.4) is 0 Å². The lowest BCUT2D eigenvalue weighted by molar-refractivity contribution is -0.385. The van der Waals surface area contributed by atoms with E-state index in [-0.39, 0.29) is 18.6 Å². The van der Waals surface area contributed by atoms with Gasteiger partial charge in [0.15, 0.2) is 11.6 Å². The summed E-state index contributed by atoms with van der Waals surface area (Å²) in [6, 6.07) is 1.31. The molecule has 0 fully saturated rings. The van der Waals surface area contributed by atoms with E-state index in [1.54, 1.807) is 0 Å². The van der Waals surface area contributed by atoms with Gasteiger partial charge in [-0.2, -0.15) is 0 Å². The molecule has 0 aliphatic rings. The van der Waals surface area contributed by atoms with E-state index >= 15 is 0 Å². The molecule has 0 heterocycles. The summed E-state index contributed by atoms with van der Waals surface area (Å²) in [7, 11) is 0. The van der Waals surface area contributed by atoms with E-state index in [1.165, 1.54) is 0 Å². The van der Waals surface area contributed by atoms with Crippen molar-refractivity contribution in [1.29, 1.82) is 0 Å². The minimum atomic E-state index is -1.25. The van der Waals surface area contributed by atoms with Gasteiger partial charge in [-0.05, 0) is 6.07 Å². The molecule has 1 aromatic rings. The van der Waals surface area contributed by atoms with Crippen LogP contribution in [-0.4, -0.2) is 11.5 Å². The van der Waals surface area contributed by atoms with Crippen molar-refractivity contribution in [2.75, 3.05) is 6.61 Å². The number of hydrogen-bond donors (Lipinski definition) is 1. The van der Waals surface area contributed by atoms with Crippen molar-refractivity contribution >= 4 is 5.69 Å². The fourth-order valence-corrected chi connectivity index (χ4v) is 1.12. The smallest absolute Gasteiger partial charge is 0.275 e. The summed E-state index contributed by atoms with van der Waals surface area (Å²) < 4.78 is 25.5. The lowest BCUT2D eigenvalue weighted by atomic mass is 10.1. The molecule has 1 aromatic carbocycles. The molecule has 0 atom stereocenters. The molecule has 5 nitrogen and oxygen atoms in total. The first-order valence-electron chi connectivity index (χ1n) is 4.00. The van der Waals surface area contributed by atoms with Gasteiger partial charge in [-0.25, -0.2) is 14.7 Å². The average molecular weight is 218 g/mol. The molecule has 2 N–H and O–H groups in total. The van der Waals surface area contributed by atoms with Gasteiger partial charge in [-0.1, -0.05) is 0 Å². The van der Waals surface area contributed by atoms with Crippen LogP contribution in [0, 0.1) is 21.7 Å². The van der Waals surface area contributed by atoms with Crippen molar-refractivity contribution in [3.05, 3.63) is 39.4 Å². The highest BCUT2D eigenvalue weighted by Gasteiger charge is 2.18. The van der Waals surface area contributed by atoms with E-state index in [4.69, 9.17) is 5.90 Å². The molecule has 0 aliphatic carbocycles. The molecule has 0 saturated heterocycles. The van der Waals surface area contributed by atoms with Crippen LogP contribution in [0.5, 0.6) is 0 Å². The summed E-state index contributed by atoms with van der Waals surface area (Å²) in [6.45, 7) is -0.00802. The van der Waals surface area contributed by atoms with Crippen LogP contribution in [0.1, 0.15) is 5.56 Å². The van der Waals surface area contributed by atoms with E-state index in [2.05, 4.69) is 4.84 Å². The summed E-state index contributed by atoms with van der Waals surface area (Å²) in [5.74, 6) is 2.35. The number of nitro benzene ring substituents is 1. The Hall–Kier alpha value is -1.60. The van der Waals surface area contributed by atoms with E-state index in [0.29, 0.717) is 6.07 Å². The number of rotatable bonds is 4. The van der Waals surface area contributed by atoms with Gasteiger partial charge in [-0.15, -0.1) is 0 Å². The van der Waals surface area contributed by atoms with Crippen LogP contribution in [-0.2, 0) is 11.3 Å². The van der Waals surface area contributed by atoms with Gasteiger partial charge in [-0.3, -0.25) is 10.1 Å². The lowest BCUT2D eigenvalue weighted by Gasteiger charge is -2.02. The third-order valence-electron chi connectivity index (χ3n) is 1.81. The molecule has 15 heavy (non-hydrogen) atoms. The third kappa shape index (κ3) is 2.67. The molecule has 0 radical (unpaired) electrons. The van der Waals surface area contributed by atoms with Gasteiger partial charge in [0, 0.05) is 12.0 Å². The highest BCUT2D eigenvalue weighted by molar-refractivity contribution is 5.41. The standard InChI is InChI=1S/C8H8F2N2O3/c9-6-3-5(1-2-15-11)8(12(13)14)4-7(6)10/h3-4H,1-2,11H2. The quantitative estimate of drug-likeness (QED) is 0.610. The van der Waals surface area contributed by atoms with Crippen LogP contribution in [0.4, 0.5) is 14.5 Å². The van der Waals surface area contributed by atoms with E-state index in [1.807, 2.05) is 0 Å². The highest BCUT2D eigenvalue weighted by atomic mass is 19.2. The third-order valence-corrected chi connectivity index (χ3v) is 1.81. The summed E-state index contributed by atoms with van der Waals surface area (Å²) in [5.41, 5.74) is -0.435. The number of hydrogen-bond acceptors (Lipinski definition) is 4. The van der Waals surface area contributed by atoms with Crippen LogP contribution in [0.15, 0.2) is 12.1 Å². The van der Waals surface area contributed by atoms with Gasteiger partial charge in [0.2, 0.25) is 0 Å². The molecular formula is C8H8F2N2O3. The van der Waals surface area contributed by atoms with Crippen LogP contribution in [0.25, 0.3) is 0 Å². The maximum absolute atomic E-state index is 12.8. The topological polar surface area (TPSA) is 78.4 Å². The summed E-state index contributed by atoms with van der Waals surface area (Å²) in [5, 5.41) is 10.5. The second-order valence-corrected chi connectivity index (χ2v) is 2.77. The Morgan fingerprint density at radius 2 is 2.00 bits per heavy atom. The largest absolute Gasteiger partial charge is 0.304 e. The molecule has 0 bridgehead atoms. The zero-order valence-corrected chi connectivity index (χ0v) is 7.57. The number of halogens is 2. The van der Waals surface area contributed by atoms with Gasteiger partial charge < -0.3 is 4.84 Å². The molecule has 0 aliphatic heterocycles. The van der Waals surface area contributed by atoms with E-state index < -0.39 is 22.2 Å². The number of nitrogens with two attached hydrogens (primary N) is 1.